The number of hydrogen-bond donors (Lipinski definition) is 0. The zero-order chi connectivity index (χ0) is 18.6. The molecule has 3 aromatic rings. The lowest BCUT2D eigenvalue weighted by atomic mass is 9.88. The van der Waals surface area contributed by atoms with Gasteiger partial charge in [-0.15, -0.1) is 0 Å². The van der Waals surface area contributed by atoms with E-state index in [0.717, 1.165) is 22.7 Å². The van der Waals surface area contributed by atoms with E-state index in [1.54, 1.807) is 14.2 Å². The van der Waals surface area contributed by atoms with E-state index in [0.29, 0.717) is 0 Å². The minimum atomic E-state index is 0.853. The van der Waals surface area contributed by atoms with Gasteiger partial charge in [-0.05, 0) is 57.3 Å². The molecule has 2 nitrogen and oxygen atoms in total. The first-order valence-electron chi connectivity index (χ1n) is 8.94. The fraction of sp³-hybridized carbons (Fsp3) is 0.0800. The Hall–Kier alpha value is -3.39. The Bertz CT molecular complexity index is 1070. The molecule has 0 unspecified atom stereocenters. The van der Waals surface area contributed by atoms with Crippen molar-refractivity contribution in [3.63, 3.8) is 0 Å². The van der Waals surface area contributed by atoms with E-state index in [1.807, 2.05) is 24.3 Å². The minimum Gasteiger partial charge on any atom is -0.497 e. The minimum absolute atomic E-state index is 0.853. The van der Waals surface area contributed by atoms with Gasteiger partial charge in [0.05, 0.1) is 7.11 Å². The molecule has 27 heavy (non-hydrogen) atoms. The van der Waals surface area contributed by atoms with Gasteiger partial charge >= 0.3 is 5.78 Å². The van der Waals surface area contributed by atoms with Crippen LogP contribution < -0.4 is 4.74 Å². The van der Waals surface area contributed by atoms with Crippen LogP contribution in [-0.4, -0.2) is 20.0 Å². The van der Waals surface area contributed by atoms with E-state index >= 15 is 0 Å². The molecule has 0 atom stereocenters. The van der Waals surface area contributed by atoms with E-state index < -0.39 is 0 Å². The molecule has 0 bridgehead atoms. The highest BCUT2D eigenvalue weighted by Gasteiger charge is 2.15. The third-order valence-corrected chi connectivity index (χ3v) is 4.82. The molecule has 1 aliphatic rings. The topological polar surface area (TPSA) is 20.5 Å². The van der Waals surface area contributed by atoms with Gasteiger partial charge in [-0.25, -0.2) is 0 Å². The normalized spacial score (nSPS) is 13.1. The highest BCUT2D eigenvalue weighted by atomic mass is 16.5. The van der Waals surface area contributed by atoms with Crippen molar-refractivity contribution in [3.8, 4) is 5.75 Å². The summed E-state index contributed by atoms with van der Waals surface area (Å²) >= 11 is 0. The predicted molar refractivity (Wildman–Crippen MR) is 112 cm³/mol. The summed E-state index contributed by atoms with van der Waals surface area (Å²) in [6, 6.07) is 23.2. The van der Waals surface area contributed by atoms with Gasteiger partial charge in [-0.3, -0.25) is 4.42 Å². The molecule has 0 saturated carbocycles. The standard InChI is InChI=1S/C25H21O2/c1-26-21-14-10-19(11-15-21)25(20-12-16-22(27-2)17-13-20)24-9-5-7-18-6-3-4-8-23(18)24/h3-17H,1-2H3/q+1. The third-order valence-electron chi connectivity index (χ3n) is 4.82. The van der Waals surface area contributed by atoms with E-state index in [4.69, 9.17) is 9.16 Å². The summed E-state index contributed by atoms with van der Waals surface area (Å²) in [6.07, 6.45) is 8.23. The number of methoxy groups -OCH3 is 1. The van der Waals surface area contributed by atoms with Crippen LogP contribution in [0.3, 0.4) is 0 Å². The Labute approximate surface area is 159 Å². The first kappa shape index (κ1) is 17.0. The van der Waals surface area contributed by atoms with Crippen molar-refractivity contribution in [2.75, 3.05) is 14.2 Å². The van der Waals surface area contributed by atoms with Gasteiger partial charge in [0, 0.05) is 12.2 Å². The monoisotopic (exact) mass is 353 g/mol. The van der Waals surface area contributed by atoms with Crippen LogP contribution in [-0.2, 0) is 4.42 Å². The maximum absolute atomic E-state index is 5.34. The molecule has 0 spiro atoms. The third kappa shape index (κ3) is 3.34. The Morgan fingerprint density at radius 1 is 0.778 bits per heavy atom. The van der Waals surface area contributed by atoms with E-state index in [1.165, 1.54) is 21.9 Å². The molecule has 4 rings (SSSR count). The van der Waals surface area contributed by atoms with E-state index in [2.05, 4.69) is 66.7 Å². The number of allylic oxidation sites excluding steroid dienone is 5. The van der Waals surface area contributed by atoms with Gasteiger partial charge in [0.1, 0.15) is 5.75 Å². The van der Waals surface area contributed by atoms with Crippen LogP contribution in [0.15, 0.2) is 96.6 Å². The van der Waals surface area contributed by atoms with Crippen molar-refractivity contribution in [1.29, 1.82) is 0 Å². The SMILES string of the molecule is COc1ccc(C(=C2C=CC(=[O+]C)C=C2)c2cccc3ccccc23)cc1. The molecule has 132 valence electrons. The van der Waals surface area contributed by atoms with Gasteiger partial charge in [-0.1, -0.05) is 54.6 Å². The van der Waals surface area contributed by atoms with Crippen LogP contribution in [0, 0.1) is 0 Å². The summed E-state index contributed by atoms with van der Waals surface area (Å²) in [4.78, 5) is 0. The molecule has 0 aliphatic heterocycles. The highest BCUT2D eigenvalue weighted by molar-refractivity contribution is 6.05. The molecule has 0 saturated heterocycles. The Balaban J connectivity index is 1.98. The van der Waals surface area contributed by atoms with Gasteiger partial charge in [0.2, 0.25) is 0 Å². The zero-order valence-corrected chi connectivity index (χ0v) is 15.5. The molecule has 0 N–H and O–H groups in total. The molecular formula is C25H21O2+. The van der Waals surface area contributed by atoms with Crippen molar-refractivity contribution in [2.24, 2.45) is 0 Å². The number of ether oxygens (including phenoxy) is 1. The van der Waals surface area contributed by atoms with Crippen molar-refractivity contribution in [3.05, 3.63) is 108 Å². The molecule has 0 heterocycles. The average Bonchev–Trinajstić information content (AvgIpc) is 2.75. The molecule has 2 heteroatoms. The molecular weight excluding hydrogens is 332 g/mol. The van der Waals surface area contributed by atoms with Crippen LogP contribution in [0.5, 0.6) is 5.75 Å². The lowest BCUT2D eigenvalue weighted by molar-refractivity contribution is -0.417. The second-order valence-electron chi connectivity index (χ2n) is 6.36. The Morgan fingerprint density at radius 3 is 2.19 bits per heavy atom. The lowest BCUT2D eigenvalue weighted by Crippen LogP contribution is -2.00. The summed E-state index contributed by atoms with van der Waals surface area (Å²) in [7, 11) is 3.38. The fourth-order valence-electron chi connectivity index (χ4n) is 3.44. The zero-order valence-electron chi connectivity index (χ0n) is 15.5. The van der Waals surface area contributed by atoms with Gasteiger partial charge < -0.3 is 4.74 Å². The quantitative estimate of drug-likeness (QED) is 0.569. The summed E-state index contributed by atoms with van der Waals surface area (Å²) < 4.78 is 10.7. The average molecular weight is 353 g/mol. The summed E-state index contributed by atoms with van der Waals surface area (Å²) in [5, 5.41) is 2.47. The van der Waals surface area contributed by atoms with Crippen molar-refractivity contribution in [2.45, 2.75) is 0 Å². The molecule has 0 fully saturated rings. The maximum Gasteiger partial charge on any atom is 0.343 e. The summed E-state index contributed by atoms with van der Waals surface area (Å²) in [5.74, 6) is 1.71. The van der Waals surface area contributed by atoms with Crippen LogP contribution in [0.4, 0.5) is 0 Å². The van der Waals surface area contributed by atoms with E-state index in [9.17, 15) is 0 Å². The molecule has 0 amide bonds. The Morgan fingerprint density at radius 2 is 1.48 bits per heavy atom. The number of hydrogen-bond acceptors (Lipinski definition) is 1. The predicted octanol–water partition coefficient (Wildman–Crippen LogP) is 5.51. The summed E-state index contributed by atoms with van der Waals surface area (Å²) in [5.41, 5.74) is 4.70. The first-order chi connectivity index (χ1) is 13.3. The number of benzene rings is 3. The van der Waals surface area contributed by atoms with Crippen molar-refractivity contribution >= 4 is 22.1 Å². The van der Waals surface area contributed by atoms with Crippen LogP contribution in [0.2, 0.25) is 0 Å². The highest BCUT2D eigenvalue weighted by Crippen LogP contribution is 2.34. The number of carbonyl (C=O) groups excluding carboxylic acids is 1. The van der Waals surface area contributed by atoms with Crippen molar-refractivity contribution in [1.82, 2.24) is 0 Å². The van der Waals surface area contributed by atoms with Crippen molar-refractivity contribution < 1.29 is 9.16 Å². The molecule has 3 aromatic carbocycles. The van der Waals surface area contributed by atoms with E-state index in [-0.39, 0.29) is 0 Å². The first-order valence-corrected chi connectivity index (χ1v) is 8.94. The number of ketones is 1. The maximum atomic E-state index is 5.34. The smallest absolute Gasteiger partial charge is 0.343 e. The number of rotatable bonds is 3. The molecule has 0 aromatic heterocycles. The largest absolute Gasteiger partial charge is 0.497 e. The Kier molecular flexibility index (Phi) is 4.71. The second-order valence-corrected chi connectivity index (χ2v) is 6.36. The van der Waals surface area contributed by atoms with Crippen LogP contribution in [0.1, 0.15) is 11.1 Å². The van der Waals surface area contributed by atoms with Gasteiger partial charge in [0.15, 0.2) is 0 Å². The second kappa shape index (κ2) is 7.46. The van der Waals surface area contributed by atoms with Crippen LogP contribution >= 0.6 is 0 Å². The molecule has 0 radical (unpaired) electrons. The van der Waals surface area contributed by atoms with Gasteiger partial charge in [-0.2, -0.15) is 0 Å². The van der Waals surface area contributed by atoms with Gasteiger partial charge in [0.25, 0.3) is 7.11 Å². The number of fused-ring (bicyclic) bond motifs is 1. The molecule has 1 aliphatic carbocycles. The fourth-order valence-corrected chi connectivity index (χ4v) is 3.44. The summed E-state index contributed by atoms with van der Waals surface area (Å²) in [6.45, 7) is 0. The lowest BCUT2D eigenvalue weighted by Gasteiger charge is -2.16. The van der Waals surface area contributed by atoms with Crippen LogP contribution in [0.25, 0.3) is 16.3 Å².